The van der Waals surface area contributed by atoms with Crippen molar-refractivity contribution in [3.05, 3.63) is 75.8 Å². The molecule has 3 aromatic rings. The van der Waals surface area contributed by atoms with E-state index in [-0.39, 0.29) is 16.8 Å². The van der Waals surface area contributed by atoms with Gasteiger partial charge in [0.1, 0.15) is 5.56 Å². The largest absolute Gasteiger partial charge is 0.290 e. The topological polar surface area (TPSA) is 89.3 Å². The van der Waals surface area contributed by atoms with Crippen molar-refractivity contribution >= 4 is 28.3 Å². The fourth-order valence-electron chi connectivity index (χ4n) is 3.11. The Labute approximate surface area is 135 Å². The summed E-state index contributed by atoms with van der Waals surface area (Å²) in [4.78, 5) is 34.8. The van der Waals surface area contributed by atoms with Gasteiger partial charge in [0.05, 0.1) is 16.1 Å². The molecule has 0 spiro atoms. The fraction of sp³-hybridized carbons (Fsp3) is 0. The third-order valence-electron chi connectivity index (χ3n) is 4.14. The number of nitrogens with one attached hydrogen (secondary N) is 1. The molecule has 0 saturated heterocycles. The molecule has 0 saturated carbocycles. The van der Waals surface area contributed by atoms with E-state index in [0.29, 0.717) is 11.1 Å². The third kappa shape index (κ3) is 1.90. The molecule has 116 valence electrons. The predicted molar refractivity (Wildman–Crippen MR) is 87.8 cm³/mol. The highest BCUT2D eigenvalue weighted by Crippen LogP contribution is 2.39. The van der Waals surface area contributed by atoms with Crippen molar-refractivity contribution in [3.8, 4) is 11.1 Å². The quantitative estimate of drug-likeness (QED) is 0.446. The van der Waals surface area contributed by atoms with Crippen molar-refractivity contribution in [1.29, 1.82) is 0 Å². The summed E-state index contributed by atoms with van der Waals surface area (Å²) >= 11 is 0. The van der Waals surface area contributed by atoms with Gasteiger partial charge < -0.3 is 0 Å². The second-order valence-electron chi connectivity index (χ2n) is 5.45. The summed E-state index contributed by atoms with van der Waals surface area (Å²) in [5, 5.41) is 15.5. The van der Waals surface area contributed by atoms with Crippen molar-refractivity contribution in [2.45, 2.75) is 0 Å². The molecule has 0 bridgehead atoms. The number of hydrogen-bond acceptors (Lipinski definition) is 4. The first-order valence-electron chi connectivity index (χ1n) is 7.23. The van der Waals surface area contributed by atoms with Crippen LogP contribution < -0.4 is 5.32 Å². The Hall–Kier alpha value is -3.54. The standard InChI is InChI=1S/C18H10N2O4/c21-17-14-9-8-13(16(20(23)24)15(14)18(22)19-17)12-7-3-5-10-4-1-2-6-11(10)12/h1-9H,(H,19,21,22). The molecule has 1 heterocycles. The first-order chi connectivity index (χ1) is 11.6. The van der Waals surface area contributed by atoms with Crippen molar-refractivity contribution < 1.29 is 14.5 Å². The van der Waals surface area contributed by atoms with E-state index in [2.05, 4.69) is 5.32 Å². The molecule has 4 rings (SSSR count). The van der Waals surface area contributed by atoms with Crippen molar-refractivity contribution in [2.24, 2.45) is 0 Å². The minimum absolute atomic E-state index is 0.0377. The molecule has 0 atom stereocenters. The normalized spacial score (nSPS) is 13.0. The van der Waals surface area contributed by atoms with E-state index in [1.54, 1.807) is 12.1 Å². The second-order valence-corrected chi connectivity index (χ2v) is 5.45. The van der Waals surface area contributed by atoms with Gasteiger partial charge in [0.15, 0.2) is 0 Å². The second kappa shape index (κ2) is 4.99. The summed E-state index contributed by atoms with van der Waals surface area (Å²) < 4.78 is 0. The van der Waals surface area contributed by atoms with Crippen LogP contribution >= 0.6 is 0 Å². The Balaban J connectivity index is 2.10. The van der Waals surface area contributed by atoms with Crippen LogP contribution in [-0.4, -0.2) is 16.7 Å². The monoisotopic (exact) mass is 318 g/mol. The van der Waals surface area contributed by atoms with Crippen LogP contribution in [-0.2, 0) is 0 Å². The smallest absolute Gasteiger partial charge is 0.288 e. The zero-order chi connectivity index (χ0) is 16.8. The Morgan fingerprint density at radius 2 is 1.50 bits per heavy atom. The number of amides is 2. The maximum absolute atomic E-state index is 12.0. The lowest BCUT2D eigenvalue weighted by atomic mass is 9.93. The first kappa shape index (κ1) is 14.1. The lowest BCUT2D eigenvalue weighted by Crippen LogP contribution is -2.20. The summed E-state index contributed by atoms with van der Waals surface area (Å²) in [6.07, 6.45) is 0. The number of imide groups is 1. The summed E-state index contributed by atoms with van der Waals surface area (Å²) in [6, 6.07) is 16.0. The van der Waals surface area contributed by atoms with Crippen LogP contribution in [0.2, 0.25) is 0 Å². The molecule has 6 nitrogen and oxygen atoms in total. The minimum Gasteiger partial charge on any atom is -0.288 e. The van der Waals surface area contributed by atoms with E-state index in [9.17, 15) is 19.7 Å². The van der Waals surface area contributed by atoms with E-state index in [1.165, 1.54) is 12.1 Å². The third-order valence-corrected chi connectivity index (χ3v) is 4.14. The highest BCUT2D eigenvalue weighted by atomic mass is 16.6. The van der Waals surface area contributed by atoms with E-state index in [4.69, 9.17) is 0 Å². The van der Waals surface area contributed by atoms with Crippen LogP contribution in [0, 0.1) is 10.1 Å². The highest BCUT2D eigenvalue weighted by Gasteiger charge is 2.37. The fourth-order valence-corrected chi connectivity index (χ4v) is 3.11. The van der Waals surface area contributed by atoms with Gasteiger partial charge in [-0.05, 0) is 28.5 Å². The maximum Gasteiger partial charge on any atom is 0.290 e. The minimum atomic E-state index is -0.733. The number of nitro benzene ring substituents is 1. The molecule has 1 aliphatic heterocycles. The molecule has 0 unspecified atom stereocenters. The number of carbonyl (C=O) groups is 2. The zero-order valence-corrected chi connectivity index (χ0v) is 12.3. The number of hydrogen-bond donors (Lipinski definition) is 1. The van der Waals surface area contributed by atoms with Gasteiger partial charge in [0.2, 0.25) is 0 Å². The number of benzene rings is 3. The number of nitro groups is 1. The van der Waals surface area contributed by atoms with Crippen LogP contribution in [0.25, 0.3) is 21.9 Å². The van der Waals surface area contributed by atoms with Crippen molar-refractivity contribution in [3.63, 3.8) is 0 Å². The van der Waals surface area contributed by atoms with Crippen molar-refractivity contribution in [2.75, 3.05) is 0 Å². The molecule has 24 heavy (non-hydrogen) atoms. The molecule has 6 heteroatoms. The summed E-state index contributed by atoms with van der Waals surface area (Å²) in [5.74, 6) is -1.34. The average molecular weight is 318 g/mol. The lowest BCUT2D eigenvalue weighted by Gasteiger charge is -2.09. The zero-order valence-electron chi connectivity index (χ0n) is 12.3. The van der Waals surface area contributed by atoms with E-state index >= 15 is 0 Å². The van der Waals surface area contributed by atoms with Gasteiger partial charge in [0, 0.05) is 0 Å². The van der Waals surface area contributed by atoms with Gasteiger partial charge in [-0.15, -0.1) is 0 Å². The molecule has 0 aromatic heterocycles. The van der Waals surface area contributed by atoms with E-state index in [0.717, 1.165) is 10.8 Å². The van der Waals surface area contributed by atoms with Gasteiger partial charge in [-0.25, -0.2) is 0 Å². The molecule has 3 aromatic carbocycles. The Morgan fingerprint density at radius 3 is 2.29 bits per heavy atom. The molecular weight excluding hydrogens is 308 g/mol. The SMILES string of the molecule is O=C1NC(=O)c2c1ccc(-c1cccc3ccccc13)c2[N+](=O)[O-]. The molecule has 1 aliphatic rings. The van der Waals surface area contributed by atoms with Gasteiger partial charge in [-0.1, -0.05) is 42.5 Å². The molecule has 0 radical (unpaired) electrons. The van der Waals surface area contributed by atoms with Gasteiger partial charge in [0.25, 0.3) is 17.5 Å². The first-order valence-corrected chi connectivity index (χ1v) is 7.23. The lowest BCUT2D eigenvalue weighted by molar-refractivity contribution is -0.384. The highest BCUT2D eigenvalue weighted by molar-refractivity contribution is 6.24. The van der Waals surface area contributed by atoms with Gasteiger partial charge in [-0.3, -0.25) is 25.0 Å². The molecule has 0 fully saturated rings. The number of nitrogens with zero attached hydrogens (tertiary/aromatic N) is 1. The Kier molecular flexibility index (Phi) is 2.93. The maximum atomic E-state index is 12.0. The number of fused-ring (bicyclic) bond motifs is 2. The van der Waals surface area contributed by atoms with Crippen LogP contribution in [0.5, 0.6) is 0 Å². The molecule has 1 N–H and O–H groups in total. The molecule has 0 aliphatic carbocycles. The summed E-state index contributed by atoms with van der Waals surface area (Å²) in [7, 11) is 0. The van der Waals surface area contributed by atoms with E-state index < -0.39 is 16.7 Å². The number of rotatable bonds is 2. The van der Waals surface area contributed by atoms with Crippen LogP contribution in [0.4, 0.5) is 5.69 Å². The van der Waals surface area contributed by atoms with Crippen LogP contribution in [0.15, 0.2) is 54.6 Å². The van der Waals surface area contributed by atoms with Gasteiger partial charge in [-0.2, -0.15) is 0 Å². The Morgan fingerprint density at radius 1 is 0.792 bits per heavy atom. The van der Waals surface area contributed by atoms with Gasteiger partial charge >= 0.3 is 0 Å². The predicted octanol–water partition coefficient (Wildman–Crippen LogP) is 3.30. The van der Waals surface area contributed by atoms with E-state index in [1.807, 2.05) is 30.3 Å². The van der Waals surface area contributed by atoms with Crippen LogP contribution in [0.3, 0.4) is 0 Å². The number of carbonyl (C=O) groups excluding carboxylic acids is 2. The molecular formula is C18H10N2O4. The summed E-state index contributed by atoms with van der Waals surface area (Å²) in [5.41, 5.74) is 0.494. The molecule has 2 amide bonds. The summed E-state index contributed by atoms with van der Waals surface area (Å²) in [6.45, 7) is 0. The Bertz CT molecular complexity index is 1050. The van der Waals surface area contributed by atoms with Crippen LogP contribution in [0.1, 0.15) is 20.7 Å². The average Bonchev–Trinajstić information content (AvgIpc) is 2.88. The van der Waals surface area contributed by atoms with Crippen molar-refractivity contribution in [1.82, 2.24) is 5.32 Å².